The lowest BCUT2D eigenvalue weighted by Gasteiger charge is -2.19. The van der Waals surface area contributed by atoms with Crippen LogP contribution in [-0.4, -0.2) is 33.3 Å². The van der Waals surface area contributed by atoms with Crippen LogP contribution in [0, 0.1) is 0 Å². The van der Waals surface area contributed by atoms with Crippen LogP contribution in [0.1, 0.15) is 40.9 Å². The first-order valence-corrected chi connectivity index (χ1v) is 11.2. The maximum atomic E-state index is 13.1. The van der Waals surface area contributed by atoms with Gasteiger partial charge in [0.15, 0.2) is 23.0 Å². The fourth-order valence-electron chi connectivity index (χ4n) is 3.70. The zero-order valence-electron chi connectivity index (χ0n) is 19.6. The molecular weight excluding hydrogens is 434 g/mol. The third-order valence-corrected chi connectivity index (χ3v) is 5.57. The highest BCUT2D eigenvalue weighted by Gasteiger charge is 2.20. The number of ether oxygens (including phenoxy) is 5. The van der Waals surface area contributed by atoms with Crippen molar-refractivity contribution in [2.45, 2.75) is 26.0 Å². The van der Waals surface area contributed by atoms with Crippen molar-refractivity contribution in [3.63, 3.8) is 0 Å². The molecule has 1 atom stereocenters. The molecule has 1 unspecified atom stereocenters. The van der Waals surface area contributed by atoms with Gasteiger partial charge in [-0.1, -0.05) is 36.4 Å². The molecule has 4 rings (SSSR count). The second-order valence-electron chi connectivity index (χ2n) is 7.94. The second kappa shape index (κ2) is 10.8. The van der Waals surface area contributed by atoms with Crippen molar-refractivity contribution in [1.82, 2.24) is 5.32 Å². The van der Waals surface area contributed by atoms with Gasteiger partial charge >= 0.3 is 0 Å². The lowest BCUT2D eigenvalue weighted by Crippen LogP contribution is -2.26. The maximum absolute atomic E-state index is 13.1. The number of hydrogen-bond acceptors (Lipinski definition) is 6. The largest absolute Gasteiger partial charge is 0.493 e. The topological polar surface area (TPSA) is 75.3 Å². The summed E-state index contributed by atoms with van der Waals surface area (Å²) in [6.45, 7) is 3.51. The van der Waals surface area contributed by atoms with Crippen molar-refractivity contribution >= 4 is 5.91 Å². The average molecular weight is 464 g/mol. The smallest absolute Gasteiger partial charge is 0.252 e. The molecule has 0 saturated heterocycles. The summed E-state index contributed by atoms with van der Waals surface area (Å²) in [6, 6.07) is 18.6. The van der Waals surface area contributed by atoms with E-state index >= 15 is 0 Å². The first-order valence-electron chi connectivity index (χ1n) is 11.2. The van der Waals surface area contributed by atoms with E-state index in [9.17, 15) is 4.79 Å². The van der Waals surface area contributed by atoms with E-state index in [0.29, 0.717) is 48.4 Å². The monoisotopic (exact) mass is 463 g/mol. The van der Waals surface area contributed by atoms with Gasteiger partial charge in [-0.3, -0.25) is 4.79 Å². The van der Waals surface area contributed by atoms with Crippen LogP contribution in [0.3, 0.4) is 0 Å². The molecule has 3 aromatic rings. The molecule has 7 heteroatoms. The molecule has 1 aliphatic rings. The maximum Gasteiger partial charge on any atom is 0.252 e. The predicted octanol–water partition coefficient (Wildman–Crippen LogP) is 4.94. The van der Waals surface area contributed by atoms with Gasteiger partial charge < -0.3 is 29.0 Å². The third-order valence-electron chi connectivity index (χ3n) is 5.57. The van der Waals surface area contributed by atoms with E-state index in [1.165, 1.54) is 14.2 Å². The minimum Gasteiger partial charge on any atom is -0.493 e. The Balaban J connectivity index is 1.50. The Morgan fingerprint density at radius 1 is 0.941 bits per heavy atom. The predicted molar refractivity (Wildman–Crippen MR) is 128 cm³/mol. The van der Waals surface area contributed by atoms with E-state index in [1.807, 2.05) is 55.5 Å². The van der Waals surface area contributed by atoms with E-state index in [0.717, 1.165) is 23.3 Å². The molecule has 0 bridgehead atoms. The van der Waals surface area contributed by atoms with E-state index in [-0.39, 0.29) is 11.9 Å². The Morgan fingerprint density at radius 2 is 1.62 bits per heavy atom. The van der Waals surface area contributed by atoms with Crippen LogP contribution >= 0.6 is 0 Å². The zero-order valence-corrected chi connectivity index (χ0v) is 19.6. The van der Waals surface area contributed by atoms with Gasteiger partial charge in [0.2, 0.25) is 5.75 Å². The first kappa shape index (κ1) is 23.3. The minimum atomic E-state index is -0.258. The lowest BCUT2D eigenvalue weighted by atomic mass is 10.1. The second-order valence-corrected chi connectivity index (χ2v) is 7.94. The molecule has 1 heterocycles. The summed E-state index contributed by atoms with van der Waals surface area (Å²) in [7, 11) is 3.07. The van der Waals surface area contributed by atoms with Gasteiger partial charge in [0.05, 0.1) is 33.5 Å². The van der Waals surface area contributed by atoms with Gasteiger partial charge in [-0.2, -0.15) is 0 Å². The van der Waals surface area contributed by atoms with Crippen molar-refractivity contribution in [3.05, 3.63) is 77.4 Å². The molecule has 0 aliphatic carbocycles. The molecule has 7 nitrogen and oxygen atoms in total. The van der Waals surface area contributed by atoms with Crippen molar-refractivity contribution in [3.8, 4) is 28.7 Å². The average Bonchev–Trinajstić information content (AvgIpc) is 3.12. The standard InChI is InChI=1S/C27H29NO6/c1-18(20-10-11-22-23(14-20)33-13-7-12-32-22)28-27(29)21-15-24(30-2)26(25(16-21)31-3)34-17-19-8-5-4-6-9-19/h4-6,8-11,14-16,18H,7,12-13,17H2,1-3H3,(H,28,29). The van der Waals surface area contributed by atoms with Crippen LogP contribution in [0.15, 0.2) is 60.7 Å². The SMILES string of the molecule is COc1cc(C(=O)NC(C)c2ccc3c(c2)OCCCO3)cc(OC)c1OCc1ccccc1. The number of fused-ring (bicyclic) bond motifs is 1. The summed E-state index contributed by atoms with van der Waals surface area (Å²) in [5.41, 5.74) is 2.33. The van der Waals surface area contributed by atoms with Gasteiger partial charge in [0.1, 0.15) is 6.61 Å². The highest BCUT2D eigenvalue weighted by atomic mass is 16.5. The Hall–Kier alpha value is -3.87. The van der Waals surface area contributed by atoms with Crippen LogP contribution in [-0.2, 0) is 6.61 Å². The Kier molecular flexibility index (Phi) is 7.42. The third kappa shape index (κ3) is 5.36. The molecular formula is C27H29NO6. The van der Waals surface area contributed by atoms with E-state index in [2.05, 4.69) is 5.32 Å². The number of amides is 1. The van der Waals surface area contributed by atoms with Crippen molar-refractivity contribution < 1.29 is 28.5 Å². The van der Waals surface area contributed by atoms with Crippen LogP contribution in [0.2, 0.25) is 0 Å². The van der Waals surface area contributed by atoms with E-state index in [4.69, 9.17) is 23.7 Å². The number of carbonyl (C=O) groups excluding carboxylic acids is 1. The van der Waals surface area contributed by atoms with Crippen LogP contribution < -0.4 is 29.0 Å². The highest BCUT2D eigenvalue weighted by molar-refractivity contribution is 5.96. The number of hydrogen-bond donors (Lipinski definition) is 1. The molecule has 3 aromatic carbocycles. The summed E-state index contributed by atoms with van der Waals surface area (Å²) in [4.78, 5) is 13.1. The lowest BCUT2D eigenvalue weighted by molar-refractivity contribution is 0.0939. The Bertz CT molecular complexity index is 1110. The number of benzene rings is 3. The molecule has 0 fully saturated rings. The van der Waals surface area contributed by atoms with Crippen LogP contribution in [0.4, 0.5) is 0 Å². The van der Waals surface area contributed by atoms with Gasteiger partial charge in [0.25, 0.3) is 5.91 Å². The van der Waals surface area contributed by atoms with Gasteiger partial charge in [-0.25, -0.2) is 0 Å². The van der Waals surface area contributed by atoms with Crippen molar-refractivity contribution in [1.29, 1.82) is 0 Å². The molecule has 1 N–H and O–H groups in total. The summed E-state index contributed by atoms with van der Waals surface area (Å²) >= 11 is 0. The molecule has 0 spiro atoms. The molecule has 0 aromatic heterocycles. The summed E-state index contributed by atoms with van der Waals surface area (Å²) in [5, 5.41) is 3.03. The Morgan fingerprint density at radius 3 is 2.29 bits per heavy atom. The fraction of sp³-hybridized carbons (Fsp3) is 0.296. The molecule has 0 radical (unpaired) electrons. The first-order chi connectivity index (χ1) is 16.6. The number of rotatable bonds is 8. The van der Waals surface area contributed by atoms with Gasteiger partial charge in [-0.05, 0) is 42.3 Å². The van der Waals surface area contributed by atoms with E-state index < -0.39 is 0 Å². The molecule has 178 valence electrons. The zero-order chi connectivity index (χ0) is 23.9. The van der Waals surface area contributed by atoms with Gasteiger partial charge in [-0.15, -0.1) is 0 Å². The molecule has 0 saturated carbocycles. The number of nitrogens with one attached hydrogen (secondary N) is 1. The molecule has 1 aliphatic heterocycles. The highest BCUT2D eigenvalue weighted by Crippen LogP contribution is 2.39. The Labute approximate surface area is 199 Å². The minimum absolute atomic E-state index is 0.254. The van der Waals surface area contributed by atoms with Crippen molar-refractivity contribution in [2.75, 3.05) is 27.4 Å². The fourth-order valence-corrected chi connectivity index (χ4v) is 3.70. The summed E-state index contributed by atoms with van der Waals surface area (Å²) in [5.74, 6) is 2.44. The normalized spacial score (nSPS) is 13.4. The quantitative estimate of drug-likeness (QED) is 0.510. The van der Waals surface area contributed by atoms with Gasteiger partial charge in [0, 0.05) is 12.0 Å². The van der Waals surface area contributed by atoms with E-state index in [1.54, 1.807) is 12.1 Å². The number of methoxy groups -OCH3 is 2. The number of carbonyl (C=O) groups is 1. The summed E-state index contributed by atoms with van der Waals surface area (Å²) < 4.78 is 28.5. The summed E-state index contributed by atoms with van der Waals surface area (Å²) in [6.07, 6.45) is 0.838. The van der Waals surface area contributed by atoms with Crippen LogP contribution in [0.25, 0.3) is 0 Å². The molecule has 1 amide bonds. The van der Waals surface area contributed by atoms with Crippen LogP contribution in [0.5, 0.6) is 28.7 Å². The molecule has 34 heavy (non-hydrogen) atoms. The van der Waals surface area contributed by atoms with Crippen molar-refractivity contribution in [2.24, 2.45) is 0 Å².